The molecule has 0 radical (unpaired) electrons. The Kier molecular flexibility index (Phi) is 13.8. The molecule has 2 unspecified atom stereocenters. The second-order valence-electron chi connectivity index (χ2n) is 6.55. The van der Waals surface area contributed by atoms with Crippen LogP contribution >= 0.6 is 0 Å². The molecule has 0 saturated carbocycles. The third-order valence-electron chi connectivity index (χ3n) is 4.11. The molecule has 0 spiro atoms. The normalized spacial score (nSPS) is 14.7. The molecule has 0 bridgehead atoms. The van der Waals surface area contributed by atoms with Gasteiger partial charge in [0.25, 0.3) is 0 Å². The van der Waals surface area contributed by atoms with Gasteiger partial charge in [0.1, 0.15) is 0 Å². The average Bonchev–Trinajstić information content (AvgIpc) is 2.44. The van der Waals surface area contributed by atoms with Crippen molar-refractivity contribution in [2.24, 2.45) is 11.7 Å². The van der Waals surface area contributed by atoms with Crippen molar-refractivity contribution in [1.82, 2.24) is 0 Å². The predicted octanol–water partition coefficient (Wildman–Crippen LogP) is 5.30. The molecule has 0 rings (SSSR count). The second kappa shape index (κ2) is 13.9. The number of nitrogens with two attached hydrogens (primary N) is 1. The van der Waals surface area contributed by atoms with Crippen molar-refractivity contribution in [1.29, 1.82) is 0 Å². The maximum Gasteiger partial charge on any atom is 0.0723 e. The fourth-order valence-electron chi connectivity index (χ4n) is 2.58. The highest BCUT2D eigenvalue weighted by Crippen LogP contribution is 2.12. The monoisotopic (exact) mass is 285 g/mol. The Labute approximate surface area is 127 Å². The van der Waals surface area contributed by atoms with Crippen molar-refractivity contribution in [3.05, 3.63) is 0 Å². The molecule has 0 aliphatic heterocycles. The van der Waals surface area contributed by atoms with Crippen molar-refractivity contribution < 1.29 is 4.74 Å². The first-order valence-corrected chi connectivity index (χ1v) is 8.98. The summed E-state index contributed by atoms with van der Waals surface area (Å²) in [6.45, 7) is 9.81. The maximum atomic E-state index is 6.03. The zero-order valence-electron chi connectivity index (χ0n) is 14.5. The molecule has 122 valence electrons. The van der Waals surface area contributed by atoms with Crippen LogP contribution in [0.3, 0.4) is 0 Å². The Morgan fingerprint density at radius 3 is 1.85 bits per heavy atom. The molecule has 0 aromatic rings. The van der Waals surface area contributed by atoms with Crippen molar-refractivity contribution in [2.75, 3.05) is 6.61 Å². The molecule has 0 amide bonds. The van der Waals surface area contributed by atoms with Crippen LogP contribution < -0.4 is 5.73 Å². The zero-order valence-corrected chi connectivity index (χ0v) is 14.5. The summed E-state index contributed by atoms with van der Waals surface area (Å²) < 4.78 is 5.89. The molecular formula is C18H39NO. The Hall–Kier alpha value is -0.0800. The van der Waals surface area contributed by atoms with Gasteiger partial charge >= 0.3 is 0 Å². The van der Waals surface area contributed by atoms with Gasteiger partial charge in [-0.15, -0.1) is 0 Å². The first kappa shape index (κ1) is 19.9. The van der Waals surface area contributed by atoms with Crippen LogP contribution in [0.1, 0.15) is 91.9 Å². The van der Waals surface area contributed by atoms with Gasteiger partial charge in [0.2, 0.25) is 0 Å². The fourth-order valence-corrected chi connectivity index (χ4v) is 2.58. The molecule has 0 aromatic heterocycles. The van der Waals surface area contributed by atoms with Gasteiger partial charge in [-0.25, -0.2) is 0 Å². The quantitative estimate of drug-likeness (QED) is 0.440. The van der Waals surface area contributed by atoms with Crippen molar-refractivity contribution in [3.63, 3.8) is 0 Å². The van der Waals surface area contributed by atoms with E-state index in [1.54, 1.807) is 0 Å². The fraction of sp³-hybridized carbons (Fsp3) is 1.00. The molecule has 0 heterocycles. The standard InChI is InChI=1S/C18H39NO/c1-5-17(19)18(6-2)20-15-13-11-9-7-8-10-12-14-16(3)4/h16-18H,5-15,19H2,1-4H3. The summed E-state index contributed by atoms with van der Waals surface area (Å²) in [5.74, 6) is 0.869. The first-order valence-electron chi connectivity index (χ1n) is 8.98. The van der Waals surface area contributed by atoms with E-state index in [2.05, 4.69) is 27.7 Å². The molecular weight excluding hydrogens is 246 g/mol. The summed E-state index contributed by atoms with van der Waals surface area (Å²) in [7, 11) is 0. The highest BCUT2D eigenvalue weighted by molar-refractivity contribution is 4.70. The number of ether oxygens (including phenoxy) is 1. The van der Waals surface area contributed by atoms with Crippen LogP contribution in [0.25, 0.3) is 0 Å². The van der Waals surface area contributed by atoms with Crippen molar-refractivity contribution >= 4 is 0 Å². The number of unbranched alkanes of at least 4 members (excludes halogenated alkanes) is 6. The summed E-state index contributed by atoms with van der Waals surface area (Å²) in [6, 6.07) is 0.209. The number of hydrogen-bond acceptors (Lipinski definition) is 2. The topological polar surface area (TPSA) is 35.2 Å². The summed E-state index contributed by atoms with van der Waals surface area (Å²) in [5.41, 5.74) is 6.03. The molecule has 0 aromatic carbocycles. The lowest BCUT2D eigenvalue weighted by molar-refractivity contribution is 0.0299. The maximum absolute atomic E-state index is 6.03. The van der Waals surface area contributed by atoms with Gasteiger partial charge in [-0.05, 0) is 25.2 Å². The molecule has 2 N–H and O–H groups in total. The van der Waals surface area contributed by atoms with E-state index in [1.807, 2.05) is 0 Å². The third kappa shape index (κ3) is 11.7. The lowest BCUT2D eigenvalue weighted by atomic mass is 10.0. The van der Waals surface area contributed by atoms with Gasteiger partial charge in [-0.2, -0.15) is 0 Å². The van der Waals surface area contributed by atoms with Crippen LogP contribution in [-0.4, -0.2) is 18.8 Å². The van der Waals surface area contributed by atoms with Crippen LogP contribution in [0.15, 0.2) is 0 Å². The lowest BCUT2D eigenvalue weighted by Gasteiger charge is -2.21. The van der Waals surface area contributed by atoms with Crippen LogP contribution in [0, 0.1) is 5.92 Å². The first-order chi connectivity index (χ1) is 9.61. The van der Waals surface area contributed by atoms with Gasteiger partial charge in [0.15, 0.2) is 0 Å². The summed E-state index contributed by atoms with van der Waals surface area (Å²) >= 11 is 0. The van der Waals surface area contributed by atoms with Gasteiger partial charge in [0.05, 0.1) is 6.10 Å². The van der Waals surface area contributed by atoms with Crippen LogP contribution in [0.5, 0.6) is 0 Å². The van der Waals surface area contributed by atoms with E-state index in [0.717, 1.165) is 25.4 Å². The third-order valence-corrected chi connectivity index (χ3v) is 4.11. The van der Waals surface area contributed by atoms with Gasteiger partial charge in [-0.1, -0.05) is 72.6 Å². The van der Waals surface area contributed by atoms with E-state index in [0.29, 0.717) is 0 Å². The minimum absolute atomic E-state index is 0.209. The van der Waals surface area contributed by atoms with Crippen molar-refractivity contribution in [2.45, 2.75) is 104 Å². The summed E-state index contributed by atoms with van der Waals surface area (Å²) in [4.78, 5) is 0. The largest absolute Gasteiger partial charge is 0.377 e. The number of hydrogen-bond donors (Lipinski definition) is 1. The molecule has 0 saturated heterocycles. The van der Waals surface area contributed by atoms with E-state index in [9.17, 15) is 0 Å². The Morgan fingerprint density at radius 1 is 0.800 bits per heavy atom. The molecule has 0 fully saturated rings. The highest BCUT2D eigenvalue weighted by atomic mass is 16.5. The molecule has 0 aliphatic rings. The van der Waals surface area contributed by atoms with E-state index < -0.39 is 0 Å². The molecule has 0 aliphatic carbocycles. The van der Waals surface area contributed by atoms with E-state index in [-0.39, 0.29) is 12.1 Å². The van der Waals surface area contributed by atoms with Gasteiger partial charge < -0.3 is 10.5 Å². The smallest absolute Gasteiger partial charge is 0.0723 e. The van der Waals surface area contributed by atoms with Crippen LogP contribution in [-0.2, 0) is 4.74 Å². The molecule has 2 nitrogen and oxygen atoms in total. The van der Waals surface area contributed by atoms with Gasteiger partial charge in [0, 0.05) is 12.6 Å². The second-order valence-corrected chi connectivity index (χ2v) is 6.55. The minimum atomic E-state index is 0.209. The molecule has 20 heavy (non-hydrogen) atoms. The SMILES string of the molecule is CCC(N)C(CC)OCCCCCCCCCC(C)C. The predicted molar refractivity (Wildman–Crippen MR) is 90.1 cm³/mol. The average molecular weight is 286 g/mol. The van der Waals surface area contributed by atoms with Crippen molar-refractivity contribution in [3.8, 4) is 0 Å². The Balaban J connectivity index is 3.27. The van der Waals surface area contributed by atoms with E-state index in [4.69, 9.17) is 10.5 Å². The lowest BCUT2D eigenvalue weighted by Crippen LogP contribution is -2.35. The molecule has 2 heteroatoms. The van der Waals surface area contributed by atoms with Gasteiger partial charge in [-0.3, -0.25) is 0 Å². The molecule has 2 atom stereocenters. The number of rotatable bonds is 14. The Bertz CT molecular complexity index is 194. The summed E-state index contributed by atoms with van der Waals surface area (Å²) in [5, 5.41) is 0. The zero-order chi connectivity index (χ0) is 15.2. The Morgan fingerprint density at radius 2 is 1.35 bits per heavy atom. The highest BCUT2D eigenvalue weighted by Gasteiger charge is 2.13. The van der Waals surface area contributed by atoms with Crippen LogP contribution in [0.4, 0.5) is 0 Å². The van der Waals surface area contributed by atoms with E-state index in [1.165, 1.54) is 51.4 Å². The summed E-state index contributed by atoms with van der Waals surface area (Å²) in [6.07, 6.45) is 13.2. The van der Waals surface area contributed by atoms with Crippen LogP contribution in [0.2, 0.25) is 0 Å². The van der Waals surface area contributed by atoms with E-state index >= 15 is 0 Å². The minimum Gasteiger partial charge on any atom is -0.377 e.